The molecule has 0 amide bonds. The lowest BCUT2D eigenvalue weighted by atomic mass is 10.2. The third-order valence-electron chi connectivity index (χ3n) is 4.24. The fourth-order valence-corrected chi connectivity index (χ4v) is 3.61. The summed E-state index contributed by atoms with van der Waals surface area (Å²) < 4.78 is 5.16. The van der Waals surface area contributed by atoms with E-state index in [1.807, 2.05) is 19.2 Å². The van der Waals surface area contributed by atoms with Gasteiger partial charge in [-0.25, -0.2) is 9.97 Å². The molecule has 1 saturated heterocycles. The van der Waals surface area contributed by atoms with Crippen LogP contribution in [0.3, 0.4) is 0 Å². The van der Waals surface area contributed by atoms with Gasteiger partial charge in [-0.05, 0) is 24.6 Å². The van der Waals surface area contributed by atoms with Crippen LogP contribution in [0.4, 0.5) is 16.8 Å². The molecule has 0 atom stereocenters. The van der Waals surface area contributed by atoms with Gasteiger partial charge in [-0.1, -0.05) is 0 Å². The van der Waals surface area contributed by atoms with Gasteiger partial charge in [-0.3, -0.25) is 9.80 Å². The molecule has 1 aliphatic heterocycles. The van der Waals surface area contributed by atoms with Crippen molar-refractivity contribution in [2.24, 2.45) is 0 Å². The van der Waals surface area contributed by atoms with Crippen molar-refractivity contribution in [1.29, 1.82) is 0 Å². The van der Waals surface area contributed by atoms with Gasteiger partial charge in [0.25, 0.3) is 0 Å². The molecule has 3 N–H and O–H groups in total. The smallest absolute Gasteiger partial charge is 0.188 e. The van der Waals surface area contributed by atoms with Gasteiger partial charge in [-0.2, -0.15) is 0 Å². The largest absolute Gasteiger partial charge is 0.384 e. The van der Waals surface area contributed by atoms with E-state index in [9.17, 15) is 0 Å². The van der Waals surface area contributed by atoms with Crippen LogP contribution in [0.25, 0.3) is 0 Å². The average molecular weight is 363 g/mol. The number of anilines is 3. The number of thiazole rings is 1. The molecule has 0 spiro atoms. The zero-order valence-electron chi connectivity index (χ0n) is 14.9. The van der Waals surface area contributed by atoms with Crippen molar-refractivity contribution in [3.8, 4) is 0 Å². The minimum atomic E-state index is 0.534. The second-order valence-electron chi connectivity index (χ2n) is 6.30. The molecule has 25 heavy (non-hydrogen) atoms. The molecule has 2 aromatic rings. The summed E-state index contributed by atoms with van der Waals surface area (Å²) >= 11 is 1.61. The molecule has 1 aliphatic rings. The number of nitrogen functional groups attached to an aromatic ring is 1. The van der Waals surface area contributed by atoms with Crippen molar-refractivity contribution in [2.75, 3.05) is 57.5 Å². The SMILES string of the molecule is COCCN1CCN(Cc2cc(N)nc(Nc3ncc(C)s3)c2)CC1. The van der Waals surface area contributed by atoms with Crippen molar-refractivity contribution in [3.63, 3.8) is 0 Å². The van der Waals surface area contributed by atoms with Crippen LogP contribution < -0.4 is 11.1 Å². The number of piperazine rings is 1. The number of nitrogens with two attached hydrogens (primary N) is 1. The highest BCUT2D eigenvalue weighted by Gasteiger charge is 2.17. The van der Waals surface area contributed by atoms with E-state index in [0.29, 0.717) is 5.82 Å². The van der Waals surface area contributed by atoms with Crippen molar-refractivity contribution in [2.45, 2.75) is 13.5 Å². The molecule has 7 nitrogen and oxygen atoms in total. The Morgan fingerprint density at radius 2 is 2.00 bits per heavy atom. The third kappa shape index (κ3) is 5.37. The highest BCUT2D eigenvalue weighted by atomic mass is 32.1. The molecule has 0 unspecified atom stereocenters. The summed E-state index contributed by atoms with van der Waals surface area (Å²) in [6.07, 6.45) is 1.85. The van der Waals surface area contributed by atoms with E-state index >= 15 is 0 Å². The summed E-state index contributed by atoms with van der Waals surface area (Å²) in [5.41, 5.74) is 7.17. The summed E-state index contributed by atoms with van der Waals surface area (Å²) in [6, 6.07) is 4.01. The maximum absolute atomic E-state index is 5.99. The first kappa shape index (κ1) is 18.1. The van der Waals surface area contributed by atoms with E-state index in [1.54, 1.807) is 18.4 Å². The number of aryl methyl sites for hydroxylation is 1. The number of aromatic nitrogens is 2. The van der Waals surface area contributed by atoms with Gasteiger partial charge in [0.05, 0.1) is 6.61 Å². The first-order valence-electron chi connectivity index (χ1n) is 8.52. The Morgan fingerprint density at radius 1 is 1.24 bits per heavy atom. The maximum Gasteiger partial charge on any atom is 0.188 e. The fourth-order valence-electron chi connectivity index (χ4n) is 2.94. The number of methoxy groups -OCH3 is 1. The monoisotopic (exact) mass is 362 g/mol. The first-order valence-corrected chi connectivity index (χ1v) is 9.33. The van der Waals surface area contributed by atoms with Gasteiger partial charge < -0.3 is 15.8 Å². The number of hydrogen-bond donors (Lipinski definition) is 2. The number of nitrogens with zero attached hydrogens (tertiary/aromatic N) is 4. The van der Waals surface area contributed by atoms with Crippen molar-refractivity contribution in [1.82, 2.24) is 19.8 Å². The Morgan fingerprint density at radius 3 is 2.68 bits per heavy atom. The van der Waals surface area contributed by atoms with Gasteiger partial charge in [0.1, 0.15) is 11.6 Å². The normalized spacial score (nSPS) is 16.2. The zero-order valence-corrected chi connectivity index (χ0v) is 15.7. The molecule has 136 valence electrons. The molecule has 0 aromatic carbocycles. The minimum absolute atomic E-state index is 0.534. The summed E-state index contributed by atoms with van der Waals surface area (Å²) in [6.45, 7) is 8.99. The van der Waals surface area contributed by atoms with Gasteiger partial charge >= 0.3 is 0 Å². The molecule has 8 heteroatoms. The van der Waals surface area contributed by atoms with Crippen LogP contribution in [-0.4, -0.2) is 66.2 Å². The van der Waals surface area contributed by atoms with Crippen molar-refractivity contribution < 1.29 is 4.74 Å². The fraction of sp³-hybridized carbons (Fsp3) is 0.529. The summed E-state index contributed by atoms with van der Waals surface area (Å²) in [5, 5.41) is 4.09. The molecule has 0 radical (unpaired) electrons. The summed E-state index contributed by atoms with van der Waals surface area (Å²) in [5.74, 6) is 1.29. The van der Waals surface area contributed by atoms with Crippen LogP contribution in [-0.2, 0) is 11.3 Å². The molecule has 0 aliphatic carbocycles. The van der Waals surface area contributed by atoms with Crippen LogP contribution >= 0.6 is 11.3 Å². The lowest BCUT2D eigenvalue weighted by Crippen LogP contribution is -2.46. The van der Waals surface area contributed by atoms with Crippen LogP contribution in [0, 0.1) is 6.92 Å². The zero-order chi connectivity index (χ0) is 17.6. The Hall–Kier alpha value is -1.74. The summed E-state index contributed by atoms with van der Waals surface area (Å²) in [7, 11) is 1.75. The van der Waals surface area contributed by atoms with E-state index in [0.717, 1.165) is 61.7 Å². The Balaban J connectivity index is 1.57. The molecular formula is C17H26N6OS. The van der Waals surface area contributed by atoms with Crippen molar-refractivity contribution in [3.05, 3.63) is 28.8 Å². The Labute approximate surface area is 152 Å². The van der Waals surface area contributed by atoms with Crippen LogP contribution in [0.15, 0.2) is 18.3 Å². The molecule has 1 fully saturated rings. The first-order chi connectivity index (χ1) is 12.1. The number of nitrogens with one attached hydrogen (secondary N) is 1. The minimum Gasteiger partial charge on any atom is -0.384 e. The summed E-state index contributed by atoms with van der Waals surface area (Å²) in [4.78, 5) is 14.8. The van der Waals surface area contributed by atoms with Gasteiger partial charge in [0.15, 0.2) is 5.13 Å². The second kappa shape index (κ2) is 8.57. The van der Waals surface area contributed by atoms with E-state index in [1.165, 1.54) is 5.56 Å². The Kier molecular flexibility index (Phi) is 6.19. The number of ether oxygens (including phenoxy) is 1. The highest BCUT2D eigenvalue weighted by Crippen LogP contribution is 2.23. The van der Waals surface area contributed by atoms with Gasteiger partial charge in [0.2, 0.25) is 0 Å². The van der Waals surface area contributed by atoms with Gasteiger partial charge in [-0.15, -0.1) is 11.3 Å². The molecule has 0 saturated carbocycles. The standard InChI is InChI=1S/C17H26N6OS/c1-13-11-19-17(25-13)21-16-10-14(9-15(18)20-16)12-23-5-3-22(4-6-23)7-8-24-2/h9-11H,3-8,12H2,1-2H3,(H3,18,19,20,21). The van der Waals surface area contributed by atoms with E-state index in [2.05, 4.69) is 31.2 Å². The molecule has 3 rings (SSSR count). The van der Waals surface area contributed by atoms with Crippen LogP contribution in [0.1, 0.15) is 10.4 Å². The maximum atomic E-state index is 5.99. The lowest BCUT2D eigenvalue weighted by Gasteiger charge is -2.34. The van der Waals surface area contributed by atoms with E-state index < -0.39 is 0 Å². The molecule has 2 aromatic heterocycles. The number of pyridine rings is 1. The lowest BCUT2D eigenvalue weighted by molar-refractivity contribution is 0.0938. The van der Waals surface area contributed by atoms with Crippen molar-refractivity contribution >= 4 is 28.1 Å². The Bertz CT molecular complexity index is 684. The quantitative estimate of drug-likeness (QED) is 0.779. The van der Waals surface area contributed by atoms with E-state index in [-0.39, 0.29) is 0 Å². The predicted molar refractivity (Wildman–Crippen MR) is 102 cm³/mol. The second-order valence-corrected chi connectivity index (χ2v) is 7.53. The highest BCUT2D eigenvalue weighted by molar-refractivity contribution is 7.15. The molecular weight excluding hydrogens is 336 g/mol. The van der Waals surface area contributed by atoms with E-state index in [4.69, 9.17) is 10.5 Å². The number of rotatable bonds is 7. The third-order valence-corrected chi connectivity index (χ3v) is 5.07. The molecule has 0 bridgehead atoms. The van der Waals surface area contributed by atoms with Crippen LogP contribution in [0.2, 0.25) is 0 Å². The van der Waals surface area contributed by atoms with Gasteiger partial charge in [0, 0.05) is 57.5 Å². The topological polar surface area (TPSA) is 79.5 Å². The average Bonchev–Trinajstić information content (AvgIpc) is 2.98. The number of hydrogen-bond acceptors (Lipinski definition) is 8. The van der Waals surface area contributed by atoms with Crippen LogP contribution in [0.5, 0.6) is 0 Å². The predicted octanol–water partition coefficient (Wildman–Crippen LogP) is 1.94. The molecule has 3 heterocycles.